The summed E-state index contributed by atoms with van der Waals surface area (Å²) in [5, 5.41) is 13.4. The van der Waals surface area contributed by atoms with E-state index in [0.29, 0.717) is 6.61 Å². The van der Waals surface area contributed by atoms with E-state index in [9.17, 15) is 14.9 Å². The lowest BCUT2D eigenvalue weighted by Crippen LogP contribution is -2.35. The second-order valence-electron chi connectivity index (χ2n) is 3.86. The van der Waals surface area contributed by atoms with Crippen LogP contribution in [0.2, 0.25) is 0 Å². The highest BCUT2D eigenvalue weighted by atomic mass is 16.6. The number of anilines is 1. The summed E-state index contributed by atoms with van der Waals surface area (Å²) in [5.74, 6) is -0.400. The molecule has 0 saturated heterocycles. The van der Waals surface area contributed by atoms with E-state index in [1.807, 2.05) is 0 Å². The molecule has 0 aliphatic carbocycles. The molecule has 1 unspecified atom stereocenters. The fraction of sp³-hybridized carbons (Fsp3) is 0.364. The van der Waals surface area contributed by atoms with Crippen LogP contribution in [0, 0.1) is 10.1 Å². The Balaban J connectivity index is 2.87. The molecule has 7 nitrogen and oxygen atoms in total. The average Bonchev–Trinajstić information content (AvgIpc) is 2.29. The van der Waals surface area contributed by atoms with Gasteiger partial charge in [-0.2, -0.15) is 0 Å². The maximum atomic E-state index is 11.8. The van der Waals surface area contributed by atoms with Crippen LogP contribution < -0.4 is 11.1 Å². The van der Waals surface area contributed by atoms with Crippen LogP contribution in [0.15, 0.2) is 18.2 Å². The minimum absolute atomic E-state index is 0.0292. The average molecular weight is 253 g/mol. The third-order valence-electron chi connectivity index (χ3n) is 2.28. The van der Waals surface area contributed by atoms with Crippen LogP contribution in [0.3, 0.4) is 0 Å². The monoisotopic (exact) mass is 253 g/mol. The first kappa shape index (κ1) is 13.9. The number of nitrogen functional groups attached to an aromatic ring is 1. The standard InChI is InChI=1S/C11H15N3O4/c1-7(6-18-2)13-11(15)8-3-4-9(12)10(5-8)14(16)17/h3-5,7H,6,12H2,1-2H3,(H,13,15). The second-order valence-corrected chi connectivity index (χ2v) is 3.86. The molecule has 0 radical (unpaired) electrons. The minimum Gasteiger partial charge on any atom is -0.393 e. The van der Waals surface area contributed by atoms with Crippen LogP contribution in [0.1, 0.15) is 17.3 Å². The highest BCUT2D eigenvalue weighted by molar-refractivity contribution is 5.95. The Morgan fingerprint density at radius 2 is 2.28 bits per heavy atom. The Morgan fingerprint density at radius 3 is 2.83 bits per heavy atom. The molecule has 0 spiro atoms. The highest BCUT2D eigenvalue weighted by Crippen LogP contribution is 2.22. The van der Waals surface area contributed by atoms with Crippen molar-refractivity contribution in [1.82, 2.24) is 5.32 Å². The van der Waals surface area contributed by atoms with E-state index in [4.69, 9.17) is 10.5 Å². The zero-order chi connectivity index (χ0) is 13.7. The number of nitrogens with two attached hydrogens (primary N) is 1. The number of methoxy groups -OCH3 is 1. The smallest absolute Gasteiger partial charge is 0.292 e. The molecule has 0 aliphatic rings. The summed E-state index contributed by atoms with van der Waals surface area (Å²) < 4.78 is 4.88. The Morgan fingerprint density at radius 1 is 1.61 bits per heavy atom. The van der Waals surface area contributed by atoms with Gasteiger partial charge in [-0.15, -0.1) is 0 Å². The highest BCUT2D eigenvalue weighted by Gasteiger charge is 2.16. The Labute approximate surface area is 104 Å². The van der Waals surface area contributed by atoms with Gasteiger partial charge in [-0.05, 0) is 19.1 Å². The van der Waals surface area contributed by atoms with Gasteiger partial charge in [0.25, 0.3) is 11.6 Å². The minimum atomic E-state index is -0.620. The van der Waals surface area contributed by atoms with E-state index in [1.165, 1.54) is 19.2 Å². The van der Waals surface area contributed by atoms with Gasteiger partial charge >= 0.3 is 0 Å². The second kappa shape index (κ2) is 5.97. The van der Waals surface area contributed by atoms with Gasteiger partial charge in [0.1, 0.15) is 5.69 Å². The zero-order valence-corrected chi connectivity index (χ0v) is 10.2. The van der Waals surface area contributed by atoms with Gasteiger partial charge in [-0.3, -0.25) is 14.9 Å². The van der Waals surface area contributed by atoms with Crippen molar-refractivity contribution in [1.29, 1.82) is 0 Å². The van der Waals surface area contributed by atoms with Gasteiger partial charge in [0.15, 0.2) is 0 Å². The lowest BCUT2D eigenvalue weighted by molar-refractivity contribution is -0.383. The van der Waals surface area contributed by atoms with Crippen LogP contribution in [0.25, 0.3) is 0 Å². The quantitative estimate of drug-likeness (QED) is 0.461. The summed E-state index contributed by atoms with van der Waals surface area (Å²) in [6.45, 7) is 2.13. The van der Waals surface area contributed by atoms with Crippen LogP contribution in [-0.4, -0.2) is 30.6 Å². The van der Waals surface area contributed by atoms with Crippen molar-refractivity contribution in [3.05, 3.63) is 33.9 Å². The maximum absolute atomic E-state index is 11.8. The Kier molecular flexibility index (Phi) is 4.61. The summed E-state index contributed by atoms with van der Waals surface area (Å²) in [6, 6.07) is 3.76. The predicted octanol–water partition coefficient (Wildman–Crippen LogP) is 0.942. The molecule has 1 atom stereocenters. The Bertz CT molecular complexity index is 462. The topological polar surface area (TPSA) is 107 Å². The third-order valence-corrected chi connectivity index (χ3v) is 2.28. The SMILES string of the molecule is COCC(C)NC(=O)c1ccc(N)c([N+](=O)[O-])c1. The van der Waals surface area contributed by atoms with Crippen molar-refractivity contribution in [3.63, 3.8) is 0 Å². The number of carbonyl (C=O) groups is 1. The number of hydrogen-bond acceptors (Lipinski definition) is 5. The molecule has 7 heteroatoms. The van der Waals surface area contributed by atoms with Crippen LogP contribution in [0.5, 0.6) is 0 Å². The lowest BCUT2D eigenvalue weighted by atomic mass is 10.1. The van der Waals surface area contributed by atoms with E-state index in [1.54, 1.807) is 6.92 Å². The van der Waals surface area contributed by atoms with E-state index in [2.05, 4.69) is 5.32 Å². The van der Waals surface area contributed by atoms with Crippen LogP contribution >= 0.6 is 0 Å². The molecule has 0 aromatic heterocycles. The molecule has 0 aliphatic heterocycles. The lowest BCUT2D eigenvalue weighted by Gasteiger charge is -2.12. The van der Waals surface area contributed by atoms with Crippen molar-refractivity contribution in [2.45, 2.75) is 13.0 Å². The summed E-state index contributed by atoms with van der Waals surface area (Å²) in [7, 11) is 1.52. The maximum Gasteiger partial charge on any atom is 0.292 e. The molecular weight excluding hydrogens is 238 g/mol. The summed E-state index contributed by atoms with van der Waals surface area (Å²) in [6.07, 6.45) is 0. The van der Waals surface area contributed by atoms with Gasteiger partial charge in [-0.1, -0.05) is 0 Å². The number of ether oxygens (including phenoxy) is 1. The normalized spacial score (nSPS) is 11.9. The first-order valence-electron chi connectivity index (χ1n) is 5.29. The number of carbonyl (C=O) groups excluding carboxylic acids is 1. The van der Waals surface area contributed by atoms with Crippen molar-refractivity contribution < 1.29 is 14.5 Å². The molecule has 0 bridgehead atoms. The van der Waals surface area contributed by atoms with E-state index >= 15 is 0 Å². The molecule has 1 aromatic rings. The molecule has 0 fully saturated rings. The number of benzene rings is 1. The van der Waals surface area contributed by atoms with Crippen molar-refractivity contribution in [2.75, 3.05) is 19.5 Å². The molecule has 3 N–H and O–H groups in total. The van der Waals surface area contributed by atoms with Gasteiger partial charge in [-0.25, -0.2) is 0 Å². The number of rotatable bonds is 5. The fourth-order valence-corrected chi connectivity index (χ4v) is 1.44. The Hall–Kier alpha value is -2.15. The number of nitro benzene ring substituents is 1. The van der Waals surface area contributed by atoms with Crippen LogP contribution in [0.4, 0.5) is 11.4 Å². The van der Waals surface area contributed by atoms with Crippen molar-refractivity contribution in [2.24, 2.45) is 0 Å². The van der Waals surface area contributed by atoms with Crippen molar-refractivity contribution >= 4 is 17.3 Å². The van der Waals surface area contributed by atoms with Gasteiger partial charge in [0.2, 0.25) is 0 Å². The fourth-order valence-electron chi connectivity index (χ4n) is 1.44. The summed E-state index contributed by atoms with van der Waals surface area (Å²) >= 11 is 0. The molecule has 98 valence electrons. The molecule has 0 saturated carbocycles. The summed E-state index contributed by atoms with van der Waals surface area (Å²) in [5.41, 5.74) is 5.39. The van der Waals surface area contributed by atoms with E-state index in [-0.39, 0.29) is 23.0 Å². The van der Waals surface area contributed by atoms with Crippen molar-refractivity contribution in [3.8, 4) is 0 Å². The van der Waals surface area contributed by atoms with Gasteiger partial charge < -0.3 is 15.8 Å². The first-order chi connectivity index (χ1) is 8.45. The third kappa shape index (κ3) is 3.42. The number of nitro groups is 1. The first-order valence-corrected chi connectivity index (χ1v) is 5.29. The van der Waals surface area contributed by atoms with E-state index < -0.39 is 10.8 Å². The van der Waals surface area contributed by atoms with E-state index in [0.717, 1.165) is 6.07 Å². The molecule has 18 heavy (non-hydrogen) atoms. The molecule has 1 aromatic carbocycles. The zero-order valence-electron chi connectivity index (χ0n) is 10.2. The van der Waals surface area contributed by atoms with Crippen LogP contribution in [-0.2, 0) is 4.74 Å². The largest absolute Gasteiger partial charge is 0.393 e. The molecular formula is C11H15N3O4. The van der Waals surface area contributed by atoms with Gasteiger partial charge in [0, 0.05) is 24.8 Å². The number of hydrogen-bond donors (Lipinski definition) is 2. The molecule has 1 amide bonds. The molecule has 0 heterocycles. The number of amides is 1. The predicted molar refractivity (Wildman–Crippen MR) is 66.3 cm³/mol. The van der Waals surface area contributed by atoms with Gasteiger partial charge in [0.05, 0.1) is 11.5 Å². The number of nitrogens with one attached hydrogen (secondary N) is 1. The number of nitrogens with zero attached hydrogens (tertiary/aromatic N) is 1. The molecule has 1 rings (SSSR count). The summed E-state index contributed by atoms with van der Waals surface area (Å²) in [4.78, 5) is 21.9.